The molecule has 1 aliphatic carbocycles. The van der Waals surface area contributed by atoms with Gasteiger partial charge in [-0.2, -0.15) is 0 Å². The van der Waals surface area contributed by atoms with Gasteiger partial charge in [0, 0.05) is 18.5 Å². The van der Waals surface area contributed by atoms with Gasteiger partial charge in [0.05, 0.1) is 5.70 Å². The predicted octanol–water partition coefficient (Wildman–Crippen LogP) is 2.23. The zero-order chi connectivity index (χ0) is 15.0. The lowest BCUT2D eigenvalue weighted by Gasteiger charge is -2.30. The minimum Gasteiger partial charge on any atom is -0.508 e. The predicted molar refractivity (Wildman–Crippen MR) is 75.7 cm³/mol. The second-order valence-corrected chi connectivity index (χ2v) is 5.14. The molecule has 0 saturated heterocycles. The van der Waals surface area contributed by atoms with E-state index in [1.807, 2.05) is 0 Å². The molecule has 5 heteroatoms. The maximum Gasteiger partial charge on any atom is 0.220 e. The molecular formula is C16H15NO4. The number of aliphatic hydroxyl groups is 1. The number of phenols is 1. The van der Waals surface area contributed by atoms with Crippen LogP contribution in [0.25, 0.3) is 0 Å². The van der Waals surface area contributed by atoms with Crippen LogP contribution in [0.5, 0.6) is 5.75 Å². The number of rotatable bonds is 2. The Labute approximate surface area is 121 Å². The number of phenolic OH excluding ortho intramolecular Hbond substituents is 1. The largest absolute Gasteiger partial charge is 0.508 e. The lowest BCUT2D eigenvalue weighted by atomic mass is 9.89. The molecule has 3 N–H and O–H groups in total. The van der Waals surface area contributed by atoms with Gasteiger partial charge < -0.3 is 10.2 Å². The number of hydrogen-bond donors (Lipinski definition) is 3. The molecule has 1 aliphatic heterocycles. The fourth-order valence-electron chi connectivity index (χ4n) is 2.58. The van der Waals surface area contributed by atoms with Gasteiger partial charge in [-0.25, -0.2) is 0 Å². The Morgan fingerprint density at radius 3 is 2.52 bits per heavy atom. The van der Waals surface area contributed by atoms with Crippen molar-refractivity contribution in [3.8, 4) is 5.75 Å². The zero-order valence-corrected chi connectivity index (χ0v) is 11.3. The number of allylic oxidation sites excluding steroid dienone is 4. The van der Waals surface area contributed by atoms with Gasteiger partial charge >= 0.3 is 0 Å². The number of carbonyl (C=O) groups is 1. The second-order valence-electron chi connectivity index (χ2n) is 5.14. The minimum absolute atomic E-state index is 0.183. The number of ketones is 1. The van der Waals surface area contributed by atoms with Gasteiger partial charge in [-0.05, 0) is 41.8 Å². The van der Waals surface area contributed by atoms with Crippen molar-refractivity contribution in [3.63, 3.8) is 0 Å². The average Bonchev–Trinajstić information content (AvgIpc) is 2.46. The molecular weight excluding hydrogens is 270 g/mol. The summed E-state index contributed by atoms with van der Waals surface area (Å²) >= 11 is 0. The molecule has 0 unspecified atom stereocenters. The fraction of sp³-hybridized carbons (Fsp3) is 0.188. The Kier molecular flexibility index (Phi) is 3.27. The van der Waals surface area contributed by atoms with Gasteiger partial charge in [0.25, 0.3) is 0 Å². The number of benzene rings is 1. The van der Waals surface area contributed by atoms with Crippen molar-refractivity contribution in [1.82, 2.24) is 5.06 Å². The summed E-state index contributed by atoms with van der Waals surface area (Å²) in [6, 6.07) is 6.71. The molecule has 2 aliphatic rings. The first-order chi connectivity index (χ1) is 10.0. The third-order valence-corrected chi connectivity index (χ3v) is 3.71. The van der Waals surface area contributed by atoms with Crippen molar-refractivity contribution in [1.29, 1.82) is 0 Å². The molecule has 108 valence electrons. The van der Waals surface area contributed by atoms with Crippen LogP contribution in [-0.4, -0.2) is 32.8 Å². The summed E-state index contributed by atoms with van der Waals surface area (Å²) in [5.41, 5.74) is 3.07. The molecule has 0 amide bonds. The number of aromatic hydroxyl groups is 1. The van der Waals surface area contributed by atoms with E-state index in [-0.39, 0.29) is 11.5 Å². The van der Waals surface area contributed by atoms with Crippen LogP contribution in [-0.2, 0) is 11.2 Å². The first kappa shape index (κ1) is 13.5. The second kappa shape index (κ2) is 5.10. The number of hydroxylamine groups is 2. The maximum atomic E-state index is 11.5. The van der Waals surface area contributed by atoms with E-state index in [9.17, 15) is 20.2 Å². The Balaban J connectivity index is 2.01. The van der Waals surface area contributed by atoms with Crippen molar-refractivity contribution in [2.24, 2.45) is 0 Å². The van der Waals surface area contributed by atoms with Crippen LogP contribution in [0.2, 0.25) is 0 Å². The molecule has 5 nitrogen and oxygen atoms in total. The van der Waals surface area contributed by atoms with E-state index in [4.69, 9.17) is 0 Å². The van der Waals surface area contributed by atoms with Crippen molar-refractivity contribution >= 4 is 5.78 Å². The highest BCUT2D eigenvalue weighted by Gasteiger charge is 2.26. The van der Waals surface area contributed by atoms with Crippen molar-refractivity contribution in [2.75, 3.05) is 6.54 Å². The number of carbonyl (C=O) groups excluding carboxylic acids is 1. The highest BCUT2D eigenvalue weighted by atomic mass is 16.5. The maximum absolute atomic E-state index is 11.5. The molecule has 1 aromatic carbocycles. The number of hydrogen-bond acceptors (Lipinski definition) is 5. The summed E-state index contributed by atoms with van der Waals surface area (Å²) in [7, 11) is 0. The van der Waals surface area contributed by atoms with Crippen molar-refractivity contribution in [3.05, 3.63) is 64.6 Å². The van der Waals surface area contributed by atoms with Gasteiger partial charge in [-0.1, -0.05) is 12.1 Å². The molecule has 0 atom stereocenters. The standard InChI is InChI=1S/C16H15NO4/c18-12-3-1-10(2-4-12)7-14-13-9-16(20)15(19)8-11(13)5-6-17(14)21/h1-4,8-9,18,20-21H,5-7H2. The van der Waals surface area contributed by atoms with Crippen molar-refractivity contribution in [2.45, 2.75) is 12.8 Å². The lowest BCUT2D eigenvalue weighted by molar-refractivity contribution is -0.113. The first-order valence-corrected chi connectivity index (χ1v) is 6.68. The van der Waals surface area contributed by atoms with Gasteiger partial charge in [-0.3, -0.25) is 15.1 Å². The topological polar surface area (TPSA) is 81.0 Å². The molecule has 1 aromatic rings. The average molecular weight is 285 g/mol. The van der Waals surface area contributed by atoms with Crippen LogP contribution >= 0.6 is 0 Å². The number of nitrogens with zero attached hydrogens (tertiary/aromatic N) is 1. The third kappa shape index (κ3) is 2.55. The van der Waals surface area contributed by atoms with E-state index in [0.717, 1.165) is 16.2 Å². The molecule has 0 aromatic heterocycles. The van der Waals surface area contributed by atoms with Crippen molar-refractivity contribution < 1.29 is 20.2 Å². The Morgan fingerprint density at radius 2 is 1.81 bits per heavy atom. The Morgan fingerprint density at radius 1 is 1.10 bits per heavy atom. The quantitative estimate of drug-likeness (QED) is 0.776. The smallest absolute Gasteiger partial charge is 0.220 e. The first-order valence-electron chi connectivity index (χ1n) is 6.68. The SMILES string of the molecule is O=C1C=C2CCN(O)C(Cc3ccc(O)cc3)=C2C=C1O. The number of aliphatic hydroxyl groups excluding tert-OH is 1. The number of fused-ring (bicyclic) bond motifs is 1. The highest BCUT2D eigenvalue weighted by Crippen LogP contribution is 2.32. The van der Waals surface area contributed by atoms with Gasteiger partial charge in [0.2, 0.25) is 5.78 Å². The zero-order valence-electron chi connectivity index (χ0n) is 11.3. The van der Waals surface area contributed by atoms with Crippen LogP contribution in [0, 0.1) is 0 Å². The van der Waals surface area contributed by atoms with Gasteiger partial charge in [-0.15, -0.1) is 0 Å². The summed E-state index contributed by atoms with van der Waals surface area (Å²) in [5, 5.41) is 30.2. The van der Waals surface area contributed by atoms with E-state index in [0.29, 0.717) is 30.7 Å². The van der Waals surface area contributed by atoms with E-state index in [1.165, 1.54) is 12.2 Å². The van der Waals surface area contributed by atoms with Gasteiger partial charge in [0.1, 0.15) is 5.75 Å². The van der Waals surface area contributed by atoms with Crippen LogP contribution < -0.4 is 0 Å². The minimum atomic E-state index is -0.399. The molecule has 21 heavy (non-hydrogen) atoms. The van der Waals surface area contributed by atoms with Gasteiger partial charge in [0.15, 0.2) is 5.76 Å². The summed E-state index contributed by atoms with van der Waals surface area (Å²) < 4.78 is 0. The highest BCUT2D eigenvalue weighted by molar-refractivity contribution is 6.05. The lowest BCUT2D eigenvalue weighted by Crippen LogP contribution is -2.29. The summed E-state index contributed by atoms with van der Waals surface area (Å²) in [5.74, 6) is -0.529. The summed E-state index contributed by atoms with van der Waals surface area (Å²) in [4.78, 5) is 11.5. The summed E-state index contributed by atoms with van der Waals surface area (Å²) in [6.07, 6.45) is 3.84. The van der Waals surface area contributed by atoms with E-state index in [2.05, 4.69) is 0 Å². The molecule has 1 heterocycles. The van der Waals surface area contributed by atoms with E-state index in [1.54, 1.807) is 24.3 Å². The third-order valence-electron chi connectivity index (χ3n) is 3.71. The molecule has 0 fully saturated rings. The van der Waals surface area contributed by atoms with Crippen LogP contribution in [0.1, 0.15) is 12.0 Å². The monoisotopic (exact) mass is 285 g/mol. The van der Waals surface area contributed by atoms with Crippen LogP contribution in [0.3, 0.4) is 0 Å². The van der Waals surface area contributed by atoms with Crippen LogP contribution in [0.4, 0.5) is 0 Å². The van der Waals surface area contributed by atoms with Crippen LogP contribution in [0.15, 0.2) is 59.0 Å². The fourth-order valence-corrected chi connectivity index (χ4v) is 2.58. The van der Waals surface area contributed by atoms with E-state index >= 15 is 0 Å². The molecule has 0 radical (unpaired) electrons. The molecule has 0 spiro atoms. The van der Waals surface area contributed by atoms with E-state index < -0.39 is 5.78 Å². The Bertz CT molecular complexity index is 683. The molecule has 0 bridgehead atoms. The molecule has 0 saturated carbocycles. The Hall–Kier alpha value is -2.53. The summed E-state index contributed by atoms with van der Waals surface area (Å²) in [6.45, 7) is 0.407. The normalized spacial score (nSPS) is 18.3. The molecule has 3 rings (SSSR count).